The Balaban J connectivity index is 1.92. The molecule has 4 nitrogen and oxygen atoms in total. The average Bonchev–Trinajstić information content (AvgIpc) is 2.77. The Bertz CT molecular complexity index is 764. The number of rotatable bonds is 3. The number of aryl methyl sites for hydroxylation is 2. The molecular weight excluding hydrogens is 272 g/mol. The van der Waals surface area contributed by atoms with Crippen molar-refractivity contribution < 1.29 is 0 Å². The summed E-state index contributed by atoms with van der Waals surface area (Å²) in [6.07, 6.45) is 1.78. The molecule has 0 radical (unpaired) electrons. The third-order valence-electron chi connectivity index (χ3n) is 3.28. The van der Waals surface area contributed by atoms with Gasteiger partial charge in [0.2, 0.25) is 0 Å². The maximum absolute atomic E-state index is 6.19. The average molecular weight is 287 g/mol. The SMILES string of the molecule is Cc1cc(CNc2ccc(Cl)c3cccnc23)n(C)n1. The molecule has 0 unspecified atom stereocenters. The molecule has 0 aliphatic rings. The van der Waals surface area contributed by atoms with Crippen LogP contribution in [-0.4, -0.2) is 14.8 Å². The molecule has 0 fully saturated rings. The topological polar surface area (TPSA) is 42.7 Å². The quantitative estimate of drug-likeness (QED) is 0.801. The van der Waals surface area contributed by atoms with Crippen molar-refractivity contribution in [3.05, 3.63) is 52.9 Å². The van der Waals surface area contributed by atoms with E-state index < -0.39 is 0 Å². The van der Waals surface area contributed by atoms with E-state index in [1.807, 2.05) is 42.9 Å². The van der Waals surface area contributed by atoms with E-state index >= 15 is 0 Å². The van der Waals surface area contributed by atoms with Crippen LogP contribution < -0.4 is 5.32 Å². The number of aromatic nitrogens is 3. The van der Waals surface area contributed by atoms with Crippen molar-refractivity contribution in [2.24, 2.45) is 7.05 Å². The van der Waals surface area contributed by atoms with Crippen molar-refractivity contribution in [3.8, 4) is 0 Å². The molecule has 1 aromatic carbocycles. The van der Waals surface area contributed by atoms with Crippen LogP contribution in [0.15, 0.2) is 36.5 Å². The van der Waals surface area contributed by atoms with Crippen molar-refractivity contribution in [2.45, 2.75) is 13.5 Å². The van der Waals surface area contributed by atoms with Gasteiger partial charge in [0.1, 0.15) is 0 Å². The zero-order chi connectivity index (χ0) is 14.1. The van der Waals surface area contributed by atoms with Crippen LogP contribution in [0, 0.1) is 6.92 Å². The minimum atomic E-state index is 0.699. The molecule has 102 valence electrons. The molecule has 0 aliphatic heterocycles. The van der Waals surface area contributed by atoms with Gasteiger partial charge < -0.3 is 5.32 Å². The molecule has 0 bridgehead atoms. The predicted octanol–water partition coefficient (Wildman–Crippen LogP) is 3.54. The first-order chi connectivity index (χ1) is 9.65. The van der Waals surface area contributed by atoms with E-state index in [9.17, 15) is 0 Å². The number of nitrogens with one attached hydrogen (secondary N) is 1. The van der Waals surface area contributed by atoms with Crippen LogP contribution in [0.2, 0.25) is 5.02 Å². The Hall–Kier alpha value is -2.07. The van der Waals surface area contributed by atoms with Crippen molar-refractivity contribution in [3.63, 3.8) is 0 Å². The maximum atomic E-state index is 6.19. The fourth-order valence-electron chi connectivity index (χ4n) is 2.30. The van der Waals surface area contributed by atoms with E-state index in [4.69, 9.17) is 11.6 Å². The summed E-state index contributed by atoms with van der Waals surface area (Å²) >= 11 is 6.19. The van der Waals surface area contributed by atoms with Gasteiger partial charge in [-0.15, -0.1) is 0 Å². The van der Waals surface area contributed by atoms with Gasteiger partial charge in [-0.1, -0.05) is 11.6 Å². The Morgan fingerprint density at radius 1 is 1.30 bits per heavy atom. The smallest absolute Gasteiger partial charge is 0.0948 e. The number of hydrogen-bond acceptors (Lipinski definition) is 3. The van der Waals surface area contributed by atoms with Gasteiger partial charge in [0, 0.05) is 18.6 Å². The van der Waals surface area contributed by atoms with Gasteiger partial charge in [-0.2, -0.15) is 5.10 Å². The van der Waals surface area contributed by atoms with E-state index in [0.717, 1.165) is 33.0 Å². The predicted molar refractivity (Wildman–Crippen MR) is 82.0 cm³/mol. The molecule has 3 aromatic rings. The minimum absolute atomic E-state index is 0.699. The molecule has 5 heteroatoms. The molecule has 1 N–H and O–H groups in total. The van der Waals surface area contributed by atoms with E-state index in [1.165, 1.54) is 0 Å². The highest BCUT2D eigenvalue weighted by atomic mass is 35.5. The monoisotopic (exact) mass is 286 g/mol. The third-order valence-corrected chi connectivity index (χ3v) is 3.60. The fourth-order valence-corrected chi connectivity index (χ4v) is 2.51. The lowest BCUT2D eigenvalue weighted by molar-refractivity contribution is 0.713. The van der Waals surface area contributed by atoms with E-state index in [0.29, 0.717) is 6.54 Å². The molecule has 0 aliphatic carbocycles. The number of nitrogens with zero attached hydrogens (tertiary/aromatic N) is 3. The van der Waals surface area contributed by atoms with Crippen LogP contribution >= 0.6 is 11.6 Å². The summed E-state index contributed by atoms with van der Waals surface area (Å²) in [6.45, 7) is 2.69. The maximum Gasteiger partial charge on any atom is 0.0948 e. The minimum Gasteiger partial charge on any atom is -0.378 e. The number of hydrogen-bond donors (Lipinski definition) is 1. The van der Waals surface area contributed by atoms with Crippen LogP contribution in [0.3, 0.4) is 0 Å². The molecule has 0 saturated carbocycles. The van der Waals surface area contributed by atoms with Crippen LogP contribution in [0.5, 0.6) is 0 Å². The first kappa shape index (κ1) is 12.9. The highest BCUT2D eigenvalue weighted by Gasteiger charge is 2.07. The molecule has 0 amide bonds. The molecule has 2 aromatic heterocycles. The lowest BCUT2D eigenvalue weighted by Crippen LogP contribution is -2.06. The summed E-state index contributed by atoms with van der Waals surface area (Å²) in [6, 6.07) is 9.79. The van der Waals surface area contributed by atoms with Gasteiger partial charge in [0.15, 0.2) is 0 Å². The second-order valence-electron chi connectivity index (χ2n) is 4.75. The first-order valence-corrected chi connectivity index (χ1v) is 6.79. The Morgan fingerprint density at radius 2 is 2.15 bits per heavy atom. The first-order valence-electron chi connectivity index (χ1n) is 6.42. The lowest BCUT2D eigenvalue weighted by atomic mass is 10.2. The molecule has 2 heterocycles. The second-order valence-corrected chi connectivity index (χ2v) is 5.16. The number of halogens is 1. The summed E-state index contributed by atoms with van der Waals surface area (Å²) in [4.78, 5) is 4.41. The van der Waals surface area contributed by atoms with Gasteiger partial charge in [-0.05, 0) is 37.3 Å². The number of pyridine rings is 1. The van der Waals surface area contributed by atoms with Crippen molar-refractivity contribution >= 4 is 28.2 Å². The molecule has 0 atom stereocenters. The van der Waals surface area contributed by atoms with Crippen LogP contribution in [-0.2, 0) is 13.6 Å². The summed E-state index contributed by atoms with van der Waals surface area (Å²) in [5, 5.41) is 9.42. The van der Waals surface area contributed by atoms with E-state index in [2.05, 4.69) is 21.5 Å². The Morgan fingerprint density at radius 3 is 2.90 bits per heavy atom. The van der Waals surface area contributed by atoms with Gasteiger partial charge in [0.25, 0.3) is 0 Å². The highest BCUT2D eigenvalue weighted by Crippen LogP contribution is 2.28. The molecule has 0 saturated heterocycles. The van der Waals surface area contributed by atoms with E-state index in [1.54, 1.807) is 6.20 Å². The zero-order valence-electron chi connectivity index (χ0n) is 11.4. The number of fused-ring (bicyclic) bond motifs is 1. The Labute approximate surface area is 122 Å². The molecular formula is C15H15ClN4. The lowest BCUT2D eigenvalue weighted by Gasteiger charge is -2.10. The molecule has 20 heavy (non-hydrogen) atoms. The van der Waals surface area contributed by atoms with Crippen molar-refractivity contribution in [1.82, 2.24) is 14.8 Å². The summed E-state index contributed by atoms with van der Waals surface area (Å²) in [5.74, 6) is 0. The highest BCUT2D eigenvalue weighted by molar-refractivity contribution is 6.35. The fraction of sp³-hybridized carbons (Fsp3) is 0.200. The number of benzene rings is 1. The van der Waals surface area contributed by atoms with Gasteiger partial charge >= 0.3 is 0 Å². The van der Waals surface area contributed by atoms with Gasteiger partial charge in [-0.25, -0.2) is 0 Å². The van der Waals surface area contributed by atoms with Gasteiger partial charge in [-0.3, -0.25) is 9.67 Å². The summed E-state index contributed by atoms with van der Waals surface area (Å²) in [7, 11) is 1.95. The van der Waals surface area contributed by atoms with Crippen LogP contribution in [0.1, 0.15) is 11.4 Å². The second kappa shape index (κ2) is 5.13. The normalized spacial score (nSPS) is 10.9. The third kappa shape index (κ3) is 2.34. The summed E-state index contributed by atoms with van der Waals surface area (Å²) in [5.41, 5.74) is 4.01. The standard InChI is InChI=1S/C15H15ClN4/c1-10-8-11(20(2)19-10)9-18-14-6-5-13(16)12-4-3-7-17-15(12)14/h3-8,18H,9H2,1-2H3. The summed E-state index contributed by atoms with van der Waals surface area (Å²) < 4.78 is 1.88. The molecule has 3 rings (SSSR count). The largest absolute Gasteiger partial charge is 0.378 e. The Kier molecular flexibility index (Phi) is 3.32. The van der Waals surface area contributed by atoms with Crippen LogP contribution in [0.4, 0.5) is 5.69 Å². The van der Waals surface area contributed by atoms with Gasteiger partial charge in [0.05, 0.1) is 34.2 Å². The van der Waals surface area contributed by atoms with Crippen LogP contribution in [0.25, 0.3) is 10.9 Å². The molecule has 0 spiro atoms. The number of anilines is 1. The van der Waals surface area contributed by atoms with Crippen molar-refractivity contribution in [1.29, 1.82) is 0 Å². The van der Waals surface area contributed by atoms with E-state index in [-0.39, 0.29) is 0 Å². The van der Waals surface area contributed by atoms with Crippen molar-refractivity contribution in [2.75, 3.05) is 5.32 Å². The zero-order valence-corrected chi connectivity index (χ0v) is 12.1.